The van der Waals surface area contributed by atoms with E-state index in [-0.39, 0.29) is 29.2 Å². The van der Waals surface area contributed by atoms with Crippen LogP contribution in [0.3, 0.4) is 0 Å². The number of sulfone groups is 1. The zero-order chi connectivity index (χ0) is 33.5. The monoisotopic (exact) mass is 670 g/mol. The van der Waals surface area contributed by atoms with E-state index in [4.69, 9.17) is 4.74 Å². The highest BCUT2D eigenvalue weighted by Gasteiger charge is 2.39. The minimum atomic E-state index is -4.75. The number of ether oxygens (including phenoxy) is 1. The molecule has 0 bridgehead atoms. The van der Waals surface area contributed by atoms with Crippen molar-refractivity contribution in [2.45, 2.75) is 62.6 Å². The van der Waals surface area contributed by atoms with Crippen molar-refractivity contribution in [2.24, 2.45) is 0 Å². The lowest BCUT2D eigenvalue weighted by Crippen LogP contribution is -2.32. The molecule has 1 atom stereocenters. The van der Waals surface area contributed by atoms with Crippen LogP contribution in [-0.4, -0.2) is 47.7 Å². The molecular formula is C27H23F9N4O4S. The van der Waals surface area contributed by atoms with E-state index in [0.717, 1.165) is 47.7 Å². The van der Waals surface area contributed by atoms with Crippen molar-refractivity contribution in [3.8, 4) is 5.75 Å². The number of rotatable bonds is 4. The number of amides is 1. The van der Waals surface area contributed by atoms with Gasteiger partial charge in [0, 0.05) is 38.3 Å². The Bertz CT molecular complexity index is 1710. The first kappa shape index (κ1) is 34.0. The number of nitrogens with one attached hydrogen (secondary N) is 1. The van der Waals surface area contributed by atoms with Crippen molar-refractivity contribution in [3.05, 3.63) is 81.9 Å². The van der Waals surface area contributed by atoms with E-state index in [1.165, 1.54) is 0 Å². The van der Waals surface area contributed by atoms with Gasteiger partial charge in [-0.2, -0.15) is 39.5 Å². The summed E-state index contributed by atoms with van der Waals surface area (Å²) >= 11 is 0. The number of carbonyl (C=O) groups excluding carboxylic acids is 1. The van der Waals surface area contributed by atoms with Crippen molar-refractivity contribution in [3.63, 3.8) is 0 Å². The second-order valence-electron chi connectivity index (χ2n) is 10.2. The van der Waals surface area contributed by atoms with Crippen LogP contribution in [0.5, 0.6) is 5.75 Å². The van der Waals surface area contributed by atoms with Gasteiger partial charge in [-0.1, -0.05) is 0 Å². The number of nitrogens with zero attached hydrogens (tertiary/aromatic N) is 3. The largest absolute Gasteiger partial charge is 0.480 e. The van der Waals surface area contributed by atoms with Crippen LogP contribution >= 0.6 is 0 Å². The predicted octanol–water partition coefficient (Wildman–Crippen LogP) is 5.69. The lowest BCUT2D eigenvalue weighted by molar-refractivity contribution is -0.189. The van der Waals surface area contributed by atoms with E-state index < -0.39 is 62.8 Å². The van der Waals surface area contributed by atoms with Crippen LogP contribution in [0.25, 0.3) is 0 Å². The minimum absolute atomic E-state index is 0.124. The minimum Gasteiger partial charge on any atom is -0.480 e. The Morgan fingerprint density at radius 2 is 1.44 bits per heavy atom. The maximum atomic E-state index is 13.0. The maximum Gasteiger partial charge on any atom is 0.425 e. The summed E-state index contributed by atoms with van der Waals surface area (Å²) in [6, 6.07) is 4.82. The van der Waals surface area contributed by atoms with Crippen LogP contribution in [0, 0.1) is 0 Å². The number of pyridine rings is 2. The van der Waals surface area contributed by atoms with Crippen molar-refractivity contribution in [2.75, 3.05) is 6.26 Å². The number of hydrogen-bond acceptors (Lipinski definition) is 7. The third kappa shape index (κ3) is 8.02. The van der Waals surface area contributed by atoms with Gasteiger partial charge in [0.25, 0.3) is 5.91 Å². The Balaban J connectivity index is 0.000000293. The second-order valence-corrected chi connectivity index (χ2v) is 12.2. The highest BCUT2D eigenvalue weighted by atomic mass is 32.2. The lowest BCUT2D eigenvalue weighted by atomic mass is 10.1. The Hall–Kier alpha value is -3.93. The Morgan fingerprint density at radius 1 is 0.867 bits per heavy atom. The number of carbonyl (C=O) groups is 1. The molecule has 0 spiro atoms. The molecule has 1 N–H and O–H groups in total. The number of aromatic nitrogens is 2. The van der Waals surface area contributed by atoms with Crippen molar-refractivity contribution < 1.29 is 57.5 Å². The zero-order valence-corrected chi connectivity index (χ0v) is 24.0. The summed E-state index contributed by atoms with van der Waals surface area (Å²) in [7, 11) is -3.82. The fourth-order valence-electron chi connectivity index (χ4n) is 4.32. The molecule has 5 rings (SSSR count). The van der Waals surface area contributed by atoms with Gasteiger partial charge in [-0.05, 0) is 48.4 Å². The van der Waals surface area contributed by atoms with Crippen LogP contribution in [0.15, 0.2) is 47.6 Å². The first-order chi connectivity index (χ1) is 20.6. The fraction of sp³-hybridized carbons (Fsp3) is 0.370. The Labute approximate surface area is 250 Å². The van der Waals surface area contributed by atoms with Crippen molar-refractivity contribution in [1.29, 1.82) is 0 Å². The maximum absolute atomic E-state index is 13.0. The summed E-state index contributed by atoms with van der Waals surface area (Å²) in [6.45, 7) is 1.26. The average Bonchev–Trinajstić information content (AvgIpc) is 3.57. The third-order valence-corrected chi connectivity index (χ3v) is 7.86. The number of alkyl halides is 9. The first-order valence-electron chi connectivity index (χ1n) is 12.8. The molecule has 2 aliphatic heterocycles. The van der Waals surface area contributed by atoms with Gasteiger partial charge in [-0.3, -0.25) is 14.8 Å². The quantitative estimate of drug-likeness (QED) is 0.356. The molecule has 1 aromatic carbocycles. The smallest absolute Gasteiger partial charge is 0.425 e. The lowest BCUT2D eigenvalue weighted by Gasteiger charge is -2.22. The zero-order valence-electron chi connectivity index (χ0n) is 23.2. The van der Waals surface area contributed by atoms with Gasteiger partial charge in [-0.25, -0.2) is 8.42 Å². The van der Waals surface area contributed by atoms with Gasteiger partial charge in [0.05, 0.1) is 39.5 Å². The standard InChI is InChI=1S/C19H16F6N2O4S.C8H7F3N2/c1-10(18(20,21)22)31-16-4-3-13(32(2,29)30)6-14(16)17(28)27-8-11-5-12(19(23,24)25)7-26-15(11)9-27;9-8(10,11)6-1-5-2-12-4-7(5)13-3-6/h3-7,10H,8-9H2,1-2H3;1,3,12H,2,4H2/t10-;/m1./s1. The highest BCUT2D eigenvalue weighted by Crippen LogP contribution is 2.35. The van der Waals surface area contributed by atoms with Crippen molar-refractivity contribution in [1.82, 2.24) is 20.2 Å². The number of benzene rings is 1. The van der Waals surface area contributed by atoms with Crippen LogP contribution in [0.2, 0.25) is 0 Å². The van der Waals surface area contributed by atoms with E-state index in [1.54, 1.807) is 0 Å². The summed E-state index contributed by atoms with van der Waals surface area (Å²) in [5, 5.41) is 2.94. The molecule has 2 aromatic heterocycles. The van der Waals surface area contributed by atoms with Gasteiger partial charge >= 0.3 is 18.5 Å². The van der Waals surface area contributed by atoms with E-state index in [0.29, 0.717) is 37.5 Å². The molecule has 0 aliphatic carbocycles. The molecule has 1 amide bonds. The molecule has 3 aromatic rings. The van der Waals surface area contributed by atoms with Gasteiger partial charge in [0.2, 0.25) is 0 Å². The summed E-state index contributed by atoms with van der Waals surface area (Å²) < 4.78 is 143. The van der Waals surface area contributed by atoms with Crippen LogP contribution < -0.4 is 10.1 Å². The summed E-state index contributed by atoms with van der Waals surface area (Å²) in [4.78, 5) is 21.2. The molecule has 8 nitrogen and oxygen atoms in total. The molecule has 18 heteroatoms. The summed E-state index contributed by atoms with van der Waals surface area (Å²) in [5.74, 6) is -1.42. The summed E-state index contributed by atoms with van der Waals surface area (Å²) in [6.07, 6.45) is -13.6. The number of fused-ring (bicyclic) bond motifs is 2. The molecule has 244 valence electrons. The molecule has 0 fully saturated rings. The molecule has 4 heterocycles. The Kier molecular flexibility index (Phi) is 9.14. The molecule has 0 unspecified atom stereocenters. The van der Waals surface area contributed by atoms with E-state index in [1.807, 2.05) is 0 Å². The second kappa shape index (κ2) is 12.1. The van der Waals surface area contributed by atoms with Gasteiger partial charge in [0.1, 0.15) is 5.75 Å². The van der Waals surface area contributed by atoms with Crippen molar-refractivity contribution >= 4 is 15.7 Å². The topological polar surface area (TPSA) is 101 Å². The summed E-state index contributed by atoms with van der Waals surface area (Å²) in [5.41, 5.74) is -0.464. The van der Waals surface area contributed by atoms with Gasteiger partial charge in [-0.15, -0.1) is 0 Å². The van der Waals surface area contributed by atoms with Gasteiger partial charge in [0.15, 0.2) is 15.9 Å². The molecule has 45 heavy (non-hydrogen) atoms. The Morgan fingerprint density at radius 3 is 2.00 bits per heavy atom. The molecular weight excluding hydrogens is 647 g/mol. The number of hydrogen-bond donors (Lipinski definition) is 1. The van der Waals surface area contributed by atoms with E-state index in [2.05, 4.69) is 15.3 Å². The predicted molar refractivity (Wildman–Crippen MR) is 138 cm³/mol. The van der Waals surface area contributed by atoms with Gasteiger partial charge < -0.3 is 15.0 Å². The first-order valence-corrected chi connectivity index (χ1v) is 14.7. The van der Waals surface area contributed by atoms with E-state index in [9.17, 15) is 52.7 Å². The van der Waals surface area contributed by atoms with E-state index >= 15 is 0 Å². The van der Waals surface area contributed by atoms with Crippen LogP contribution in [0.1, 0.15) is 50.9 Å². The third-order valence-electron chi connectivity index (χ3n) is 6.75. The fourth-order valence-corrected chi connectivity index (χ4v) is 4.96. The van der Waals surface area contributed by atoms with Crippen LogP contribution in [0.4, 0.5) is 39.5 Å². The molecule has 0 radical (unpaired) electrons. The highest BCUT2D eigenvalue weighted by molar-refractivity contribution is 7.90. The molecule has 0 saturated carbocycles. The SMILES string of the molecule is C[C@@H](Oc1ccc(S(C)(=O)=O)cc1C(=O)N1Cc2cc(C(F)(F)F)cnc2C1)C(F)(F)F.FC(F)(F)c1cnc2c(c1)CNC2. The molecule has 2 aliphatic rings. The molecule has 0 saturated heterocycles. The van der Waals surface area contributed by atoms with Crippen LogP contribution in [-0.2, 0) is 48.4 Å². The number of halogens is 9. The normalized spacial score (nSPS) is 15.6. The average molecular weight is 671 g/mol.